The van der Waals surface area contributed by atoms with Crippen LogP contribution in [0.2, 0.25) is 10.0 Å². The Kier molecular flexibility index (Phi) is 6.31. The number of aliphatic imine (C=N–C) groups is 1. The number of amidine groups is 1. The molecule has 1 atom stereocenters. The lowest BCUT2D eigenvalue weighted by Gasteiger charge is -2.34. The molecule has 4 aromatic rings. The van der Waals surface area contributed by atoms with Crippen LogP contribution in [-0.4, -0.2) is 26.1 Å². The van der Waals surface area contributed by atoms with Crippen molar-refractivity contribution >= 4 is 63.0 Å². The quantitative estimate of drug-likeness (QED) is 0.217. The smallest absolute Gasteiger partial charge is 0.416 e. The van der Waals surface area contributed by atoms with Crippen molar-refractivity contribution in [3.8, 4) is 5.75 Å². The highest BCUT2D eigenvalue weighted by Gasteiger charge is 2.50. The van der Waals surface area contributed by atoms with E-state index < -0.39 is 17.5 Å². The molecule has 4 N–H and O–H groups in total. The maximum atomic E-state index is 12.9. The molecule has 1 saturated heterocycles. The second kappa shape index (κ2) is 9.21. The van der Waals surface area contributed by atoms with E-state index in [-0.39, 0.29) is 39.0 Å². The van der Waals surface area contributed by atoms with E-state index in [1.54, 1.807) is 24.4 Å². The molecule has 37 heavy (non-hydrogen) atoms. The van der Waals surface area contributed by atoms with Crippen LogP contribution in [0.15, 0.2) is 71.9 Å². The van der Waals surface area contributed by atoms with Crippen LogP contribution >= 0.6 is 35.4 Å². The molecule has 190 valence electrons. The number of hydrogen-bond donors (Lipinski definition) is 4. The van der Waals surface area contributed by atoms with Gasteiger partial charge in [-0.2, -0.15) is 13.2 Å². The molecule has 6 nitrogen and oxygen atoms in total. The molecule has 3 aromatic carbocycles. The second-order valence-corrected chi connectivity index (χ2v) is 9.54. The number of thiocarbonyl (C=S) groups is 1. The first kappa shape index (κ1) is 25.3. The van der Waals surface area contributed by atoms with E-state index in [0.717, 1.165) is 23.0 Å². The minimum Gasteiger partial charge on any atom is -0.505 e. The number of anilines is 1. The van der Waals surface area contributed by atoms with Gasteiger partial charge in [-0.3, -0.25) is 9.89 Å². The van der Waals surface area contributed by atoms with E-state index in [0.29, 0.717) is 11.1 Å². The summed E-state index contributed by atoms with van der Waals surface area (Å²) in [5.74, 6) is -0.272. The van der Waals surface area contributed by atoms with Crippen molar-refractivity contribution in [3.63, 3.8) is 0 Å². The average Bonchev–Trinajstić information content (AvgIpc) is 3.42. The van der Waals surface area contributed by atoms with Crippen LogP contribution < -0.4 is 10.2 Å². The third-order valence-corrected chi connectivity index (χ3v) is 6.86. The van der Waals surface area contributed by atoms with Gasteiger partial charge in [0.2, 0.25) is 5.72 Å². The van der Waals surface area contributed by atoms with Crippen molar-refractivity contribution in [2.75, 3.05) is 4.90 Å². The van der Waals surface area contributed by atoms with Gasteiger partial charge < -0.3 is 20.5 Å². The van der Waals surface area contributed by atoms with Gasteiger partial charge in [-0.1, -0.05) is 41.4 Å². The fourth-order valence-corrected chi connectivity index (χ4v) is 4.95. The third-order valence-electron chi connectivity index (χ3n) is 6.00. The predicted octanol–water partition coefficient (Wildman–Crippen LogP) is 6.34. The number of phenols is 1. The number of aliphatic hydroxyl groups is 1. The SMILES string of the molecule is Oc1c(Cl)cc(N2C(=S)NC(=NCc3ccc(C(F)(F)F)cc3)C2(O)c2ccc3[nH]ccc3c2)cc1Cl. The van der Waals surface area contributed by atoms with Gasteiger partial charge in [-0.25, -0.2) is 0 Å². The summed E-state index contributed by atoms with van der Waals surface area (Å²) in [6, 6.07) is 14.5. The van der Waals surface area contributed by atoms with Crippen LogP contribution in [0.1, 0.15) is 16.7 Å². The summed E-state index contributed by atoms with van der Waals surface area (Å²) >= 11 is 17.8. The Labute approximate surface area is 224 Å². The van der Waals surface area contributed by atoms with Crippen molar-refractivity contribution in [3.05, 3.63) is 93.6 Å². The standard InChI is InChI=1S/C25H17Cl2F3N4O2S/c26-18-10-17(11-19(27)21(18)35)34-23(37)33-22(32-12-13-1-3-15(4-2-13)25(28,29)30)24(34,36)16-5-6-20-14(9-16)7-8-31-20/h1-11,31,35-36H,12H2,(H,32,33,37). The largest absolute Gasteiger partial charge is 0.505 e. The van der Waals surface area contributed by atoms with Gasteiger partial charge in [0.1, 0.15) is 0 Å². The molecule has 0 spiro atoms. The zero-order valence-electron chi connectivity index (χ0n) is 18.6. The van der Waals surface area contributed by atoms with Gasteiger partial charge in [0.15, 0.2) is 16.7 Å². The molecule has 0 aliphatic carbocycles. The Bertz CT molecular complexity index is 1530. The lowest BCUT2D eigenvalue weighted by Crippen LogP contribution is -2.47. The number of rotatable bonds is 4. The zero-order chi connectivity index (χ0) is 26.5. The fraction of sp³-hybridized carbons (Fsp3) is 0.120. The van der Waals surface area contributed by atoms with Crippen molar-refractivity contribution in [2.24, 2.45) is 4.99 Å². The summed E-state index contributed by atoms with van der Waals surface area (Å²) in [5.41, 5.74) is -0.719. The van der Waals surface area contributed by atoms with E-state index in [4.69, 9.17) is 35.4 Å². The normalized spacial score (nSPS) is 19.1. The molecule has 0 saturated carbocycles. The highest BCUT2D eigenvalue weighted by Crippen LogP contribution is 2.42. The number of aromatic nitrogens is 1. The number of aromatic hydroxyl groups is 1. The molecule has 5 rings (SSSR count). The van der Waals surface area contributed by atoms with Crippen LogP contribution in [0.4, 0.5) is 18.9 Å². The van der Waals surface area contributed by atoms with Crippen molar-refractivity contribution in [1.29, 1.82) is 0 Å². The van der Waals surface area contributed by atoms with Crippen LogP contribution in [0, 0.1) is 0 Å². The van der Waals surface area contributed by atoms with E-state index in [1.165, 1.54) is 29.2 Å². The summed E-state index contributed by atoms with van der Waals surface area (Å²) in [4.78, 5) is 8.94. The number of nitrogens with zero attached hydrogens (tertiary/aromatic N) is 2. The lowest BCUT2D eigenvalue weighted by atomic mass is 9.98. The third kappa shape index (κ3) is 4.50. The van der Waals surface area contributed by atoms with Crippen LogP contribution in [0.3, 0.4) is 0 Å². The fourth-order valence-electron chi connectivity index (χ4n) is 4.14. The Morgan fingerprint density at radius 1 is 1.00 bits per heavy atom. The average molecular weight is 565 g/mol. The summed E-state index contributed by atoms with van der Waals surface area (Å²) in [6.07, 6.45) is -2.69. The molecule has 0 bridgehead atoms. The topological polar surface area (TPSA) is 83.9 Å². The van der Waals surface area contributed by atoms with E-state index >= 15 is 0 Å². The van der Waals surface area contributed by atoms with E-state index in [2.05, 4.69) is 15.3 Å². The highest BCUT2D eigenvalue weighted by molar-refractivity contribution is 7.80. The molecule has 1 aliphatic rings. The first-order valence-electron chi connectivity index (χ1n) is 10.8. The van der Waals surface area contributed by atoms with Crippen molar-refractivity contribution in [2.45, 2.75) is 18.4 Å². The Morgan fingerprint density at radius 3 is 2.32 bits per heavy atom. The van der Waals surface area contributed by atoms with E-state index in [9.17, 15) is 23.4 Å². The molecule has 1 aromatic heterocycles. The number of phenolic OH excluding ortho intramolecular Hbond substituents is 1. The molecule has 2 heterocycles. The Morgan fingerprint density at radius 2 is 1.68 bits per heavy atom. The van der Waals surface area contributed by atoms with Gasteiger partial charge in [0.25, 0.3) is 0 Å². The monoisotopic (exact) mass is 564 g/mol. The Balaban J connectivity index is 1.61. The number of alkyl halides is 3. The van der Waals surface area contributed by atoms with Crippen molar-refractivity contribution < 1.29 is 23.4 Å². The summed E-state index contributed by atoms with van der Waals surface area (Å²) < 4.78 is 38.8. The van der Waals surface area contributed by atoms with Crippen LogP contribution in [0.25, 0.3) is 10.9 Å². The second-order valence-electron chi connectivity index (χ2n) is 8.34. The van der Waals surface area contributed by atoms with Crippen LogP contribution in [-0.2, 0) is 18.4 Å². The number of H-pyrrole nitrogens is 1. The molecule has 0 amide bonds. The van der Waals surface area contributed by atoms with Gasteiger partial charge >= 0.3 is 6.18 Å². The summed E-state index contributed by atoms with van der Waals surface area (Å²) in [7, 11) is 0. The zero-order valence-corrected chi connectivity index (χ0v) is 21.0. The highest BCUT2D eigenvalue weighted by atomic mass is 35.5. The molecule has 1 aliphatic heterocycles. The molecular weight excluding hydrogens is 548 g/mol. The number of benzene rings is 3. The van der Waals surface area contributed by atoms with Crippen LogP contribution in [0.5, 0.6) is 5.75 Å². The first-order valence-corrected chi connectivity index (χ1v) is 11.9. The van der Waals surface area contributed by atoms with Crippen molar-refractivity contribution in [1.82, 2.24) is 10.3 Å². The minimum atomic E-state index is -4.45. The number of aromatic amines is 1. The molecule has 0 radical (unpaired) electrons. The number of nitrogens with one attached hydrogen (secondary N) is 2. The maximum absolute atomic E-state index is 12.9. The predicted molar refractivity (Wildman–Crippen MR) is 141 cm³/mol. The summed E-state index contributed by atoms with van der Waals surface area (Å²) in [5, 5.41) is 25.9. The first-order chi connectivity index (χ1) is 17.5. The van der Waals surface area contributed by atoms with Gasteiger partial charge in [0.05, 0.1) is 27.8 Å². The molecule has 1 fully saturated rings. The molecule has 1 unspecified atom stereocenters. The van der Waals surface area contributed by atoms with Gasteiger partial charge in [-0.15, -0.1) is 0 Å². The van der Waals surface area contributed by atoms with Gasteiger partial charge in [-0.05, 0) is 65.6 Å². The molecule has 12 heteroatoms. The molecular formula is C25H17Cl2F3N4O2S. The van der Waals surface area contributed by atoms with Gasteiger partial charge in [0, 0.05) is 17.3 Å². The lowest BCUT2D eigenvalue weighted by molar-refractivity contribution is -0.137. The number of halogens is 5. The minimum absolute atomic E-state index is 0.0390. The number of fused-ring (bicyclic) bond motifs is 1. The number of hydrogen-bond acceptors (Lipinski definition) is 4. The summed E-state index contributed by atoms with van der Waals surface area (Å²) in [6.45, 7) is -0.0390. The van der Waals surface area contributed by atoms with E-state index in [1.807, 2.05) is 6.07 Å². The maximum Gasteiger partial charge on any atom is 0.416 e. The Hall–Kier alpha value is -3.31.